The zero-order valence-electron chi connectivity index (χ0n) is 15.1. The molecule has 4 heteroatoms. The number of thiophene rings is 1. The predicted octanol–water partition coefficient (Wildman–Crippen LogP) is 5.63. The van der Waals surface area contributed by atoms with Gasteiger partial charge in [0.1, 0.15) is 5.75 Å². The van der Waals surface area contributed by atoms with E-state index >= 15 is 0 Å². The largest absolute Gasteiger partial charge is 0.508 e. The molecule has 4 aromatic rings. The number of phenols is 1. The van der Waals surface area contributed by atoms with Crippen LogP contribution in [0, 0.1) is 0 Å². The molecule has 136 valence electrons. The predicted molar refractivity (Wildman–Crippen MR) is 115 cm³/mol. The lowest BCUT2D eigenvalue weighted by Gasteiger charge is -2.10. The summed E-state index contributed by atoms with van der Waals surface area (Å²) in [5.41, 5.74) is 4.56. The van der Waals surface area contributed by atoms with Crippen LogP contribution in [0.1, 0.15) is 27.0 Å². The number of aromatic hydroxyl groups is 1. The fraction of sp³-hybridized carbons (Fsp3) is 0.0833. The summed E-state index contributed by atoms with van der Waals surface area (Å²) in [5.74, 6) is 0.148. The van der Waals surface area contributed by atoms with E-state index in [1.807, 2.05) is 36.5 Å². The van der Waals surface area contributed by atoms with Crippen molar-refractivity contribution >= 4 is 33.4 Å². The number of carbonyl (C=O) groups excluding carboxylic acids is 1. The Morgan fingerprint density at radius 3 is 2.71 bits per heavy atom. The summed E-state index contributed by atoms with van der Waals surface area (Å²) >= 11 is 1.74. The quantitative estimate of drug-likeness (QED) is 0.464. The molecule has 0 fully saturated rings. The average Bonchev–Trinajstić information content (AvgIpc) is 3.35. The highest BCUT2D eigenvalue weighted by atomic mass is 32.1. The van der Waals surface area contributed by atoms with Crippen molar-refractivity contribution in [3.63, 3.8) is 0 Å². The van der Waals surface area contributed by atoms with Crippen LogP contribution >= 0.6 is 11.3 Å². The summed E-state index contributed by atoms with van der Waals surface area (Å²) < 4.78 is 1.23. The Bertz CT molecular complexity index is 1220. The molecule has 0 saturated carbocycles. The molecule has 5 rings (SSSR count). The van der Waals surface area contributed by atoms with Gasteiger partial charge < -0.3 is 5.11 Å². The Morgan fingerprint density at radius 2 is 1.86 bits per heavy atom. The van der Waals surface area contributed by atoms with Gasteiger partial charge >= 0.3 is 0 Å². The van der Waals surface area contributed by atoms with Crippen molar-refractivity contribution in [1.82, 2.24) is 0 Å². The van der Waals surface area contributed by atoms with E-state index < -0.39 is 0 Å². The maximum absolute atomic E-state index is 13.0. The molecule has 0 bridgehead atoms. The molecule has 0 spiro atoms. The van der Waals surface area contributed by atoms with Gasteiger partial charge in [-0.05, 0) is 52.4 Å². The van der Waals surface area contributed by atoms with E-state index in [4.69, 9.17) is 0 Å². The van der Waals surface area contributed by atoms with Gasteiger partial charge in [0.05, 0.1) is 6.54 Å². The lowest BCUT2D eigenvalue weighted by molar-refractivity contribution is 0.0992. The maximum atomic E-state index is 13.0. The van der Waals surface area contributed by atoms with Crippen molar-refractivity contribution in [2.24, 2.45) is 4.99 Å². The average molecular weight is 383 g/mol. The number of rotatable bonds is 4. The zero-order chi connectivity index (χ0) is 19.1. The van der Waals surface area contributed by atoms with Crippen LogP contribution < -0.4 is 0 Å². The minimum Gasteiger partial charge on any atom is -0.508 e. The monoisotopic (exact) mass is 383 g/mol. The third-order valence-corrected chi connectivity index (χ3v) is 6.27. The van der Waals surface area contributed by atoms with Gasteiger partial charge in [0.25, 0.3) is 0 Å². The third kappa shape index (κ3) is 2.92. The topological polar surface area (TPSA) is 49.7 Å². The Hall–Kier alpha value is -3.24. The van der Waals surface area contributed by atoms with Crippen LogP contribution in [0.25, 0.3) is 20.5 Å². The van der Waals surface area contributed by atoms with Gasteiger partial charge in [0.2, 0.25) is 0 Å². The Balaban J connectivity index is 1.58. The number of nitrogens with zero attached hydrogens (tertiary/aromatic N) is 1. The van der Waals surface area contributed by atoms with E-state index in [9.17, 15) is 9.90 Å². The Labute approximate surface area is 166 Å². The van der Waals surface area contributed by atoms with Gasteiger partial charge in [0, 0.05) is 33.3 Å². The van der Waals surface area contributed by atoms with E-state index in [0.717, 1.165) is 16.0 Å². The fourth-order valence-corrected chi connectivity index (χ4v) is 4.76. The van der Waals surface area contributed by atoms with E-state index in [-0.39, 0.29) is 18.0 Å². The minimum atomic E-state index is -0.00744. The molecule has 0 amide bonds. The van der Waals surface area contributed by atoms with E-state index in [0.29, 0.717) is 17.7 Å². The summed E-state index contributed by atoms with van der Waals surface area (Å²) in [4.78, 5) is 18.5. The number of fused-ring (bicyclic) bond motifs is 2. The fourth-order valence-electron chi connectivity index (χ4n) is 3.65. The van der Waals surface area contributed by atoms with Crippen LogP contribution in [-0.4, -0.2) is 17.1 Å². The number of ketones is 1. The van der Waals surface area contributed by atoms with Crippen LogP contribution in [0.5, 0.6) is 5.75 Å². The number of hydrogen-bond acceptors (Lipinski definition) is 4. The van der Waals surface area contributed by atoms with Crippen molar-refractivity contribution in [3.8, 4) is 16.2 Å². The van der Waals surface area contributed by atoms with Crippen molar-refractivity contribution < 1.29 is 9.90 Å². The molecule has 1 aliphatic rings. The number of hydrogen-bond donors (Lipinski definition) is 1. The number of benzene rings is 3. The molecule has 28 heavy (non-hydrogen) atoms. The molecule has 0 radical (unpaired) electrons. The van der Waals surface area contributed by atoms with E-state index in [2.05, 4.69) is 23.2 Å². The number of para-hydroxylation sites is 1. The Morgan fingerprint density at radius 1 is 1.04 bits per heavy atom. The first kappa shape index (κ1) is 16.9. The van der Waals surface area contributed by atoms with Crippen LogP contribution in [-0.2, 0) is 13.0 Å². The molecule has 1 N–H and O–H groups in total. The smallest absolute Gasteiger partial charge is 0.167 e. The number of Topliss-reactive ketones (excluding diaryl/α,β-unsaturated/α-hetero) is 1. The Kier molecular flexibility index (Phi) is 4.06. The highest BCUT2D eigenvalue weighted by Gasteiger charge is 2.19. The molecule has 1 aromatic heterocycles. The maximum Gasteiger partial charge on any atom is 0.167 e. The first-order valence-corrected chi connectivity index (χ1v) is 9.96. The number of aliphatic imine (C=N–C) groups is 1. The van der Waals surface area contributed by atoms with Gasteiger partial charge in [0.15, 0.2) is 5.78 Å². The second kappa shape index (κ2) is 6.73. The second-order valence-electron chi connectivity index (χ2n) is 6.94. The lowest BCUT2D eigenvalue weighted by Crippen LogP contribution is -2.06. The SMILES string of the molecule is O=C(Cc1ccccc1O)c1cc2c(c(-c3cc4ccccc4s3)c1)CN=C2. The summed E-state index contributed by atoms with van der Waals surface area (Å²) in [5, 5.41) is 11.2. The number of phenolic OH excluding ortho intramolecular Hbond substituents is 1. The summed E-state index contributed by atoms with van der Waals surface area (Å²) in [6.45, 7) is 0.646. The van der Waals surface area contributed by atoms with E-state index in [1.54, 1.807) is 29.5 Å². The van der Waals surface area contributed by atoms with Crippen LogP contribution in [0.2, 0.25) is 0 Å². The molecule has 0 aliphatic carbocycles. The van der Waals surface area contributed by atoms with Crippen molar-refractivity contribution in [2.45, 2.75) is 13.0 Å². The highest BCUT2D eigenvalue weighted by molar-refractivity contribution is 7.22. The van der Waals surface area contributed by atoms with Crippen LogP contribution in [0.3, 0.4) is 0 Å². The first-order chi connectivity index (χ1) is 13.7. The van der Waals surface area contributed by atoms with Gasteiger partial charge in [-0.3, -0.25) is 9.79 Å². The summed E-state index contributed by atoms with van der Waals surface area (Å²) in [6, 6.07) is 21.4. The van der Waals surface area contributed by atoms with Gasteiger partial charge in [-0.25, -0.2) is 0 Å². The van der Waals surface area contributed by atoms with Crippen molar-refractivity contribution in [2.75, 3.05) is 0 Å². The van der Waals surface area contributed by atoms with Crippen molar-refractivity contribution in [3.05, 3.63) is 89.0 Å². The second-order valence-corrected chi connectivity index (χ2v) is 8.02. The normalized spacial score (nSPS) is 12.4. The molecule has 3 aromatic carbocycles. The number of carbonyl (C=O) groups is 1. The highest BCUT2D eigenvalue weighted by Crippen LogP contribution is 2.38. The molecule has 0 atom stereocenters. The minimum absolute atomic E-state index is 0.00744. The molecular formula is C24H17NO2S. The van der Waals surface area contributed by atoms with Gasteiger partial charge in [-0.15, -0.1) is 11.3 Å². The van der Waals surface area contributed by atoms with E-state index in [1.165, 1.54) is 15.6 Å². The third-order valence-electron chi connectivity index (χ3n) is 5.12. The van der Waals surface area contributed by atoms with Gasteiger partial charge in [-0.1, -0.05) is 36.4 Å². The summed E-state index contributed by atoms with van der Waals surface area (Å²) in [7, 11) is 0. The molecule has 1 aliphatic heterocycles. The van der Waals surface area contributed by atoms with Crippen LogP contribution in [0.4, 0.5) is 0 Å². The first-order valence-electron chi connectivity index (χ1n) is 9.15. The van der Waals surface area contributed by atoms with Gasteiger partial charge in [-0.2, -0.15) is 0 Å². The lowest BCUT2D eigenvalue weighted by atomic mass is 9.94. The summed E-state index contributed by atoms with van der Waals surface area (Å²) in [6.07, 6.45) is 2.03. The molecule has 2 heterocycles. The molecular weight excluding hydrogens is 366 g/mol. The molecule has 0 saturated heterocycles. The molecule has 0 unspecified atom stereocenters. The van der Waals surface area contributed by atoms with Crippen molar-refractivity contribution in [1.29, 1.82) is 0 Å². The van der Waals surface area contributed by atoms with Crippen LogP contribution in [0.15, 0.2) is 71.7 Å². The zero-order valence-corrected chi connectivity index (χ0v) is 15.9. The molecule has 3 nitrogen and oxygen atoms in total. The standard InChI is InChI=1S/C24H17NO2S/c26-21-7-3-1-5-15(21)11-22(27)17-9-18-13-25-14-20(18)19(10-17)24-12-16-6-2-4-8-23(16)28-24/h1-10,12-13,26H,11,14H2.